The molecule has 0 amide bonds. The summed E-state index contributed by atoms with van der Waals surface area (Å²) in [5.74, 6) is 0.572. The second-order valence-corrected chi connectivity index (χ2v) is 6.59. The molecule has 1 fully saturated rings. The van der Waals surface area contributed by atoms with Crippen LogP contribution >= 0.6 is 0 Å². The molecule has 1 aliphatic rings. The van der Waals surface area contributed by atoms with E-state index in [1.165, 1.54) is 12.7 Å². The van der Waals surface area contributed by atoms with E-state index < -0.39 is 10.0 Å². The number of nitrogens with zero attached hydrogens (tertiary/aromatic N) is 1. The molecule has 0 N–H and O–H groups in total. The van der Waals surface area contributed by atoms with Crippen molar-refractivity contribution in [1.82, 2.24) is 4.31 Å². The van der Waals surface area contributed by atoms with Gasteiger partial charge < -0.3 is 0 Å². The smallest absolute Gasteiger partial charge is 0.211 e. The molecule has 1 saturated heterocycles. The minimum Gasteiger partial charge on any atom is -0.212 e. The molecule has 0 aliphatic carbocycles. The van der Waals surface area contributed by atoms with Crippen LogP contribution in [-0.2, 0) is 10.0 Å². The Morgan fingerprint density at radius 1 is 1.36 bits per heavy atom. The summed E-state index contributed by atoms with van der Waals surface area (Å²) in [7, 11) is -2.99. The Balaban J connectivity index is 2.69. The van der Waals surface area contributed by atoms with Crippen molar-refractivity contribution in [2.45, 2.75) is 45.6 Å². The van der Waals surface area contributed by atoms with Gasteiger partial charge in [0, 0.05) is 12.6 Å². The van der Waals surface area contributed by atoms with Crippen molar-refractivity contribution in [1.29, 1.82) is 0 Å². The SMILES string of the molecule is CC(C)C[C@@H]1CCCCN1S(C)(=O)=O. The third-order valence-electron chi connectivity index (χ3n) is 2.74. The lowest BCUT2D eigenvalue weighted by atomic mass is 9.96. The molecule has 0 aromatic rings. The summed E-state index contributed by atoms with van der Waals surface area (Å²) in [5, 5.41) is 0. The molecule has 84 valence electrons. The van der Waals surface area contributed by atoms with E-state index >= 15 is 0 Å². The average molecular weight is 219 g/mol. The molecule has 1 aliphatic heterocycles. The molecule has 0 aromatic carbocycles. The van der Waals surface area contributed by atoms with Gasteiger partial charge in [-0.3, -0.25) is 0 Å². The molecular weight excluding hydrogens is 198 g/mol. The van der Waals surface area contributed by atoms with Crippen molar-refractivity contribution in [2.75, 3.05) is 12.8 Å². The van der Waals surface area contributed by atoms with Crippen molar-refractivity contribution in [2.24, 2.45) is 5.92 Å². The predicted octanol–water partition coefficient (Wildman–Crippen LogP) is 1.85. The molecule has 1 atom stereocenters. The second-order valence-electron chi connectivity index (χ2n) is 4.65. The van der Waals surface area contributed by atoms with Gasteiger partial charge >= 0.3 is 0 Å². The number of piperidine rings is 1. The molecular formula is C10H21NO2S. The fourth-order valence-corrected chi connectivity index (χ4v) is 3.38. The molecule has 0 bridgehead atoms. The van der Waals surface area contributed by atoms with Crippen molar-refractivity contribution in [3.63, 3.8) is 0 Å². The van der Waals surface area contributed by atoms with E-state index in [1.807, 2.05) is 0 Å². The fraction of sp³-hybridized carbons (Fsp3) is 1.00. The Kier molecular flexibility index (Phi) is 3.95. The quantitative estimate of drug-likeness (QED) is 0.726. The Morgan fingerprint density at radius 3 is 2.50 bits per heavy atom. The first-order valence-electron chi connectivity index (χ1n) is 5.38. The van der Waals surface area contributed by atoms with Gasteiger partial charge in [-0.15, -0.1) is 0 Å². The largest absolute Gasteiger partial charge is 0.212 e. The van der Waals surface area contributed by atoms with Gasteiger partial charge in [0.05, 0.1) is 6.26 Å². The molecule has 0 saturated carbocycles. The second kappa shape index (κ2) is 4.62. The Bertz CT molecular complexity index is 272. The van der Waals surface area contributed by atoms with Crippen LogP contribution in [0.4, 0.5) is 0 Å². The van der Waals surface area contributed by atoms with Gasteiger partial charge in [-0.05, 0) is 25.2 Å². The van der Waals surface area contributed by atoms with E-state index in [0.717, 1.165) is 25.8 Å². The highest BCUT2D eigenvalue weighted by Crippen LogP contribution is 2.24. The van der Waals surface area contributed by atoms with Gasteiger partial charge in [-0.1, -0.05) is 20.3 Å². The third kappa shape index (κ3) is 3.24. The summed E-state index contributed by atoms with van der Waals surface area (Å²) in [6.45, 7) is 5.01. The first kappa shape index (κ1) is 12.0. The number of hydrogen-bond acceptors (Lipinski definition) is 2. The van der Waals surface area contributed by atoms with Gasteiger partial charge in [0.2, 0.25) is 10.0 Å². The zero-order valence-electron chi connectivity index (χ0n) is 9.36. The van der Waals surface area contributed by atoms with Gasteiger partial charge in [0.25, 0.3) is 0 Å². The van der Waals surface area contributed by atoms with Crippen LogP contribution in [0.2, 0.25) is 0 Å². The highest BCUT2D eigenvalue weighted by molar-refractivity contribution is 7.88. The van der Waals surface area contributed by atoms with Crippen LogP contribution in [0.1, 0.15) is 39.5 Å². The van der Waals surface area contributed by atoms with Gasteiger partial charge in [-0.25, -0.2) is 8.42 Å². The Hall–Kier alpha value is -0.0900. The zero-order chi connectivity index (χ0) is 10.8. The lowest BCUT2D eigenvalue weighted by Crippen LogP contribution is -2.43. The number of hydrogen-bond donors (Lipinski definition) is 0. The van der Waals surface area contributed by atoms with Gasteiger partial charge in [0.1, 0.15) is 0 Å². The van der Waals surface area contributed by atoms with E-state index in [2.05, 4.69) is 13.8 Å². The Morgan fingerprint density at radius 2 is 2.00 bits per heavy atom. The molecule has 0 aromatic heterocycles. The minimum atomic E-state index is -2.99. The highest BCUT2D eigenvalue weighted by Gasteiger charge is 2.29. The summed E-state index contributed by atoms with van der Waals surface area (Å²) in [5.41, 5.74) is 0. The van der Waals surface area contributed by atoms with E-state index in [1.54, 1.807) is 4.31 Å². The first-order chi connectivity index (χ1) is 6.41. The maximum atomic E-state index is 11.5. The maximum absolute atomic E-state index is 11.5. The van der Waals surface area contributed by atoms with Crippen LogP contribution in [0.25, 0.3) is 0 Å². The summed E-state index contributed by atoms with van der Waals surface area (Å²) in [6, 6.07) is 0.249. The molecule has 1 heterocycles. The maximum Gasteiger partial charge on any atom is 0.211 e. The van der Waals surface area contributed by atoms with Crippen molar-refractivity contribution < 1.29 is 8.42 Å². The molecule has 1 rings (SSSR count). The molecule has 0 radical (unpaired) electrons. The highest BCUT2D eigenvalue weighted by atomic mass is 32.2. The van der Waals surface area contributed by atoms with E-state index in [0.29, 0.717) is 5.92 Å². The summed E-state index contributed by atoms with van der Waals surface area (Å²) >= 11 is 0. The molecule has 14 heavy (non-hydrogen) atoms. The summed E-state index contributed by atoms with van der Waals surface area (Å²) in [6.07, 6.45) is 5.54. The van der Waals surface area contributed by atoms with Crippen LogP contribution < -0.4 is 0 Å². The van der Waals surface area contributed by atoms with Crippen LogP contribution in [0.15, 0.2) is 0 Å². The first-order valence-corrected chi connectivity index (χ1v) is 7.23. The monoisotopic (exact) mass is 219 g/mol. The lowest BCUT2D eigenvalue weighted by molar-refractivity contribution is 0.224. The lowest BCUT2D eigenvalue weighted by Gasteiger charge is -2.34. The van der Waals surface area contributed by atoms with Crippen molar-refractivity contribution in [3.8, 4) is 0 Å². The summed E-state index contributed by atoms with van der Waals surface area (Å²) < 4.78 is 24.7. The van der Waals surface area contributed by atoms with E-state index in [-0.39, 0.29) is 6.04 Å². The molecule has 3 nitrogen and oxygen atoms in total. The van der Waals surface area contributed by atoms with E-state index in [4.69, 9.17) is 0 Å². The average Bonchev–Trinajstić information content (AvgIpc) is 2.01. The molecule has 0 spiro atoms. The van der Waals surface area contributed by atoms with Crippen molar-refractivity contribution in [3.05, 3.63) is 0 Å². The van der Waals surface area contributed by atoms with Gasteiger partial charge in [0.15, 0.2) is 0 Å². The molecule has 4 heteroatoms. The van der Waals surface area contributed by atoms with Crippen LogP contribution in [-0.4, -0.2) is 31.6 Å². The standard InChI is InChI=1S/C10H21NO2S/c1-9(2)8-10-6-4-5-7-11(10)14(3,12)13/h9-10H,4-8H2,1-3H3/t10-/m0/s1. The van der Waals surface area contributed by atoms with Crippen LogP contribution in [0, 0.1) is 5.92 Å². The summed E-state index contributed by atoms with van der Waals surface area (Å²) in [4.78, 5) is 0. The normalized spacial score (nSPS) is 25.6. The zero-order valence-corrected chi connectivity index (χ0v) is 10.2. The van der Waals surface area contributed by atoms with Crippen LogP contribution in [0.3, 0.4) is 0 Å². The topological polar surface area (TPSA) is 37.4 Å². The molecule has 0 unspecified atom stereocenters. The van der Waals surface area contributed by atoms with Gasteiger partial charge in [-0.2, -0.15) is 4.31 Å². The fourth-order valence-electron chi connectivity index (χ4n) is 2.19. The Labute approximate surface area is 87.5 Å². The third-order valence-corrected chi connectivity index (χ3v) is 4.08. The van der Waals surface area contributed by atoms with Crippen LogP contribution in [0.5, 0.6) is 0 Å². The number of sulfonamides is 1. The van der Waals surface area contributed by atoms with E-state index in [9.17, 15) is 8.42 Å². The minimum absolute atomic E-state index is 0.249. The number of rotatable bonds is 3. The van der Waals surface area contributed by atoms with Crippen molar-refractivity contribution >= 4 is 10.0 Å². The predicted molar refractivity (Wildman–Crippen MR) is 58.6 cm³/mol.